The topological polar surface area (TPSA) is 124 Å². The summed E-state index contributed by atoms with van der Waals surface area (Å²) in [6.45, 7) is 0. The number of hydrogen-bond donors (Lipinski definition) is 2. The third-order valence-corrected chi connectivity index (χ3v) is 4.03. The molecule has 9 heteroatoms. The Labute approximate surface area is 145 Å². The fraction of sp³-hybridized carbons (Fsp3) is 0.125. The minimum atomic E-state index is -2.11. The first-order chi connectivity index (χ1) is 12.0. The van der Waals surface area contributed by atoms with E-state index in [-0.39, 0.29) is 22.8 Å². The molecule has 0 aliphatic rings. The molecule has 0 saturated carbocycles. The Morgan fingerprint density at radius 1 is 1.12 bits per heavy atom. The highest BCUT2D eigenvalue weighted by Gasteiger charge is 2.18. The van der Waals surface area contributed by atoms with E-state index in [4.69, 9.17) is 10.3 Å². The fourth-order valence-corrected chi connectivity index (χ4v) is 2.76. The van der Waals surface area contributed by atoms with Gasteiger partial charge in [-0.3, -0.25) is 4.79 Å². The molecular formula is C16H15N5O3S. The van der Waals surface area contributed by atoms with Crippen molar-refractivity contribution in [1.29, 1.82) is 0 Å². The van der Waals surface area contributed by atoms with Gasteiger partial charge >= 0.3 is 0 Å². The van der Waals surface area contributed by atoms with E-state index in [1.165, 1.54) is 23.9 Å². The number of rotatable bonds is 4. The number of aromatic nitrogens is 4. The molecule has 0 spiro atoms. The Hall–Kier alpha value is -2.91. The van der Waals surface area contributed by atoms with Crippen molar-refractivity contribution in [3.8, 4) is 22.6 Å². The van der Waals surface area contributed by atoms with E-state index in [1.54, 1.807) is 0 Å². The van der Waals surface area contributed by atoms with Crippen LogP contribution in [-0.2, 0) is 23.9 Å². The first-order valence-corrected chi connectivity index (χ1v) is 8.57. The summed E-state index contributed by atoms with van der Waals surface area (Å²) in [7, 11) is 1.53. The molecule has 0 aliphatic heterocycles. The summed E-state index contributed by atoms with van der Waals surface area (Å²) in [5.41, 5.74) is 7.91. The second-order valence-corrected chi connectivity index (χ2v) is 6.20. The highest BCUT2D eigenvalue weighted by Crippen LogP contribution is 2.29. The van der Waals surface area contributed by atoms with Gasteiger partial charge in [0.1, 0.15) is 22.9 Å². The number of nitrogen functional groups attached to an aromatic ring is 1. The molecule has 1 unspecified atom stereocenters. The molecule has 0 aliphatic carbocycles. The van der Waals surface area contributed by atoms with Crippen LogP contribution in [0.3, 0.4) is 0 Å². The lowest BCUT2D eigenvalue weighted by molar-refractivity contribution is 0.563. The smallest absolute Gasteiger partial charge is 0.266 e. The third-order valence-electron chi connectivity index (χ3n) is 3.51. The van der Waals surface area contributed by atoms with Crippen molar-refractivity contribution in [1.82, 2.24) is 19.7 Å². The molecule has 3 rings (SSSR count). The van der Waals surface area contributed by atoms with E-state index in [1.807, 2.05) is 30.3 Å². The second-order valence-electron chi connectivity index (χ2n) is 5.27. The zero-order valence-electron chi connectivity index (χ0n) is 13.3. The van der Waals surface area contributed by atoms with Crippen LogP contribution in [0.25, 0.3) is 22.6 Å². The number of hydrogen-bond acceptors (Lipinski definition) is 6. The Bertz CT molecular complexity index is 1000. The first kappa shape index (κ1) is 16.9. The summed E-state index contributed by atoms with van der Waals surface area (Å²) in [6.07, 6.45) is 0. The molecule has 3 N–H and O–H groups in total. The van der Waals surface area contributed by atoms with Crippen LogP contribution in [0.15, 0.2) is 47.3 Å². The Morgan fingerprint density at radius 2 is 1.84 bits per heavy atom. The van der Waals surface area contributed by atoms with Gasteiger partial charge in [0.2, 0.25) is 0 Å². The van der Waals surface area contributed by atoms with Crippen LogP contribution in [0.1, 0.15) is 5.69 Å². The van der Waals surface area contributed by atoms with Gasteiger partial charge in [-0.15, -0.1) is 0 Å². The van der Waals surface area contributed by atoms with Crippen molar-refractivity contribution in [3.05, 3.63) is 58.5 Å². The number of nitrogens with two attached hydrogens (primary N) is 1. The van der Waals surface area contributed by atoms with Crippen molar-refractivity contribution in [2.75, 3.05) is 5.73 Å². The molecule has 0 radical (unpaired) electrons. The average molecular weight is 357 g/mol. The number of aryl methyl sites for hydroxylation is 1. The SMILES string of the molecule is Cn1nc(-c2nc(CS(=O)O)c(N)nc2-c2ccccc2)ccc1=O. The van der Waals surface area contributed by atoms with Gasteiger partial charge in [-0.25, -0.2) is 18.9 Å². The molecule has 0 bridgehead atoms. The van der Waals surface area contributed by atoms with Crippen molar-refractivity contribution < 1.29 is 8.76 Å². The van der Waals surface area contributed by atoms with Crippen LogP contribution in [-0.4, -0.2) is 28.5 Å². The lowest BCUT2D eigenvalue weighted by Crippen LogP contribution is -2.19. The summed E-state index contributed by atoms with van der Waals surface area (Å²) in [4.78, 5) is 20.4. The molecule has 25 heavy (non-hydrogen) atoms. The van der Waals surface area contributed by atoms with Crippen LogP contribution in [0, 0.1) is 0 Å². The number of anilines is 1. The van der Waals surface area contributed by atoms with Crippen molar-refractivity contribution in [3.63, 3.8) is 0 Å². The van der Waals surface area contributed by atoms with Gasteiger partial charge in [0.15, 0.2) is 11.1 Å². The highest BCUT2D eigenvalue weighted by molar-refractivity contribution is 7.78. The normalized spacial score (nSPS) is 12.1. The molecular weight excluding hydrogens is 342 g/mol. The molecule has 0 amide bonds. The Balaban J connectivity index is 2.26. The van der Waals surface area contributed by atoms with Crippen molar-refractivity contribution in [2.45, 2.75) is 5.75 Å². The standard InChI is InChI=1S/C16H15N5O3S/c1-21-13(22)8-7-11(20-21)15-14(10-5-3-2-4-6-10)19-16(17)12(18-15)9-25(23)24/h2-8H,9H2,1H3,(H2,17,19)(H,23,24). The van der Waals surface area contributed by atoms with Crippen LogP contribution in [0.4, 0.5) is 5.82 Å². The monoisotopic (exact) mass is 357 g/mol. The molecule has 2 heterocycles. The molecule has 3 aromatic rings. The van der Waals surface area contributed by atoms with Crippen molar-refractivity contribution >= 4 is 16.9 Å². The van der Waals surface area contributed by atoms with Crippen LogP contribution < -0.4 is 11.3 Å². The molecule has 1 atom stereocenters. The van der Waals surface area contributed by atoms with Gasteiger partial charge in [0.05, 0.1) is 11.4 Å². The Morgan fingerprint density at radius 3 is 2.48 bits per heavy atom. The minimum Gasteiger partial charge on any atom is -0.382 e. The predicted molar refractivity (Wildman–Crippen MR) is 94.8 cm³/mol. The van der Waals surface area contributed by atoms with E-state index in [0.29, 0.717) is 17.1 Å². The summed E-state index contributed by atoms with van der Waals surface area (Å²) in [6, 6.07) is 12.2. The largest absolute Gasteiger partial charge is 0.382 e. The number of benzene rings is 1. The first-order valence-electron chi connectivity index (χ1n) is 7.29. The lowest BCUT2D eigenvalue weighted by Gasteiger charge is -2.12. The maximum Gasteiger partial charge on any atom is 0.266 e. The predicted octanol–water partition coefficient (Wildman–Crippen LogP) is 1.21. The molecule has 2 aromatic heterocycles. The van der Waals surface area contributed by atoms with Gasteiger partial charge in [-0.2, -0.15) is 5.10 Å². The van der Waals surface area contributed by atoms with E-state index < -0.39 is 11.1 Å². The van der Waals surface area contributed by atoms with Crippen molar-refractivity contribution in [2.24, 2.45) is 7.05 Å². The second kappa shape index (κ2) is 6.91. The summed E-state index contributed by atoms with van der Waals surface area (Å²) < 4.78 is 21.5. The zero-order chi connectivity index (χ0) is 18.0. The zero-order valence-corrected chi connectivity index (χ0v) is 14.1. The average Bonchev–Trinajstić information content (AvgIpc) is 2.59. The molecule has 1 aromatic carbocycles. The fourth-order valence-electron chi connectivity index (χ4n) is 2.31. The van der Waals surface area contributed by atoms with Crippen LogP contribution in [0.5, 0.6) is 0 Å². The Kier molecular flexibility index (Phi) is 4.68. The molecule has 0 saturated heterocycles. The summed E-state index contributed by atoms with van der Waals surface area (Å²) in [5, 5.41) is 4.20. The third kappa shape index (κ3) is 3.62. The van der Waals surface area contributed by atoms with E-state index in [9.17, 15) is 9.00 Å². The van der Waals surface area contributed by atoms with Gasteiger partial charge in [-0.1, -0.05) is 30.3 Å². The van der Waals surface area contributed by atoms with Gasteiger partial charge in [0.25, 0.3) is 5.56 Å². The maximum absolute atomic E-state index is 11.6. The summed E-state index contributed by atoms with van der Waals surface area (Å²) >= 11 is -2.11. The minimum absolute atomic E-state index is 0.0785. The van der Waals surface area contributed by atoms with E-state index in [2.05, 4.69) is 15.1 Å². The summed E-state index contributed by atoms with van der Waals surface area (Å²) in [5.74, 6) is -0.165. The lowest BCUT2D eigenvalue weighted by atomic mass is 10.1. The quantitative estimate of drug-likeness (QED) is 0.672. The molecule has 128 valence electrons. The van der Waals surface area contributed by atoms with Gasteiger partial charge in [-0.05, 0) is 6.07 Å². The number of nitrogens with zero attached hydrogens (tertiary/aromatic N) is 4. The molecule has 0 fully saturated rings. The molecule has 8 nitrogen and oxygen atoms in total. The maximum atomic E-state index is 11.6. The van der Waals surface area contributed by atoms with Crippen LogP contribution >= 0.6 is 0 Å². The van der Waals surface area contributed by atoms with Gasteiger partial charge in [0, 0.05) is 18.7 Å². The van der Waals surface area contributed by atoms with E-state index >= 15 is 0 Å². The van der Waals surface area contributed by atoms with Gasteiger partial charge < -0.3 is 10.3 Å². The van der Waals surface area contributed by atoms with Crippen LogP contribution in [0.2, 0.25) is 0 Å². The van der Waals surface area contributed by atoms with E-state index in [0.717, 1.165) is 5.56 Å². The highest BCUT2D eigenvalue weighted by atomic mass is 32.2.